The fraction of sp³-hybridized carbons (Fsp3) is 0.846. The Labute approximate surface area is 110 Å². The van der Waals surface area contributed by atoms with Crippen LogP contribution in [0.2, 0.25) is 0 Å². The summed E-state index contributed by atoms with van der Waals surface area (Å²) in [5.74, 6) is 0.256. The minimum absolute atomic E-state index is 0.0319. The van der Waals surface area contributed by atoms with Crippen LogP contribution in [0.25, 0.3) is 0 Å². The Morgan fingerprint density at radius 1 is 1.11 bits per heavy atom. The number of hydrogen-bond acceptors (Lipinski definition) is 3. The Hall–Kier alpha value is -1.10. The molecular weight excluding hydrogens is 230 g/mol. The van der Waals surface area contributed by atoms with Crippen LogP contribution in [0.5, 0.6) is 0 Å². The molecule has 1 saturated heterocycles. The molecule has 0 aromatic heterocycles. The maximum atomic E-state index is 12.0. The van der Waals surface area contributed by atoms with Gasteiger partial charge in [-0.15, -0.1) is 0 Å². The summed E-state index contributed by atoms with van der Waals surface area (Å²) < 4.78 is 0. The first-order valence-electron chi connectivity index (χ1n) is 6.52. The summed E-state index contributed by atoms with van der Waals surface area (Å²) in [5.41, 5.74) is 0.0380. The van der Waals surface area contributed by atoms with Gasteiger partial charge in [-0.2, -0.15) is 0 Å². The predicted octanol–water partition coefficient (Wildman–Crippen LogP) is 0.313. The fourth-order valence-corrected chi connectivity index (χ4v) is 2.00. The van der Waals surface area contributed by atoms with Crippen LogP contribution in [0.3, 0.4) is 0 Å². The van der Waals surface area contributed by atoms with Crippen molar-refractivity contribution in [2.45, 2.75) is 27.2 Å². The van der Waals surface area contributed by atoms with Crippen molar-refractivity contribution in [3.8, 4) is 0 Å². The summed E-state index contributed by atoms with van der Waals surface area (Å²) in [7, 11) is 1.64. The van der Waals surface area contributed by atoms with E-state index in [9.17, 15) is 9.59 Å². The molecule has 0 saturated carbocycles. The first-order valence-corrected chi connectivity index (χ1v) is 6.52. The van der Waals surface area contributed by atoms with Gasteiger partial charge in [-0.1, -0.05) is 20.8 Å². The van der Waals surface area contributed by atoms with E-state index in [0.29, 0.717) is 13.0 Å². The molecule has 1 N–H and O–H groups in total. The number of piperazine rings is 1. The molecule has 1 rings (SSSR count). The minimum Gasteiger partial charge on any atom is -0.358 e. The van der Waals surface area contributed by atoms with Gasteiger partial charge in [0.05, 0.1) is 6.54 Å². The summed E-state index contributed by atoms with van der Waals surface area (Å²) in [5, 5.41) is 2.62. The normalized spacial score (nSPS) is 17.7. The second-order valence-corrected chi connectivity index (χ2v) is 6.07. The lowest BCUT2D eigenvalue weighted by atomic mass is 9.91. The Morgan fingerprint density at radius 3 is 2.11 bits per heavy atom. The zero-order valence-corrected chi connectivity index (χ0v) is 12.0. The highest BCUT2D eigenvalue weighted by molar-refractivity contribution is 5.78. The van der Waals surface area contributed by atoms with Crippen molar-refractivity contribution in [1.82, 2.24) is 15.1 Å². The quantitative estimate of drug-likeness (QED) is 0.790. The van der Waals surface area contributed by atoms with Crippen LogP contribution in [-0.2, 0) is 9.59 Å². The highest BCUT2D eigenvalue weighted by Gasteiger charge is 2.25. The third-order valence-corrected chi connectivity index (χ3v) is 3.05. The van der Waals surface area contributed by atoms with Gasteiger partial charge in [0.25, 0.3) is 0 Å². The summed E-state index contributed by atoms with van der Waals surface area (Å²) >= 11 is 0. The van der Waals surface area contributed by atoms with Gasteiger partial charge >= 0.3 is 0 Å². The first-order chi connectivity index (χ1) is 8.31. The van der Waals surface area contributed by atoms with Crippen LogP contribution in [0.15, 0.2) is 0 Å². The smallest absolute Gasteiger partial charge is 0.233 e. The molecule has 0 aromatic carbocycles. The largest absolute Gasteiger partial charge is 0.358 e. The average molecular weight is 255 g/mol. The lowest BCUT2D eigenvalue weighted by Gasteiger charge is -2.35. The van der Waals surface area contributed by atoms with Gasteiger partial charge in [0, 0.05) is 39.6 Å². The molecule has 1 aliphatic heterocycles. The molecule has 5 heteroatoms. The lowest BCUT2D eigenvalue weighted by molar-refractivity contribution is -0.135. The number of amides is 2. The Balaban J connectivity index is 2.35. The Morgan fingerprint density at radius 2 is 1.67 bits per heavy atom. The van der Waals surface area contributed by atoms with Crippen LogP contribution < -0.4 is 5.32 Å². The van der Waals surface area contributed by atoms with E-state index >= 15 is 0 Å². The fourth-order valence-electron chi connectivity index (χ4n) is 2.00. The Bertz CT molecular complexity index is 302. The molecule has 0 atom stereocenters. The van der Waals surface area contributed by atoms with Gasteiger partial charge < -0.3 is 10.2 Å². The van der Waals surface area contributed by atoms with E-state index in [0.717, 1.165) is 26.2 Å². The van der Waals surface area contributed by atoms with E-state index in [4.69, 9.17) is 0 Å². The standard InChI is InChI=1S/C13H25N3O2/c1-13(2,3)9-12(18)16-7-5-15(6-8-16)10-11(17)14-4/h5-10H2,1-4H3,(H,14,17). The van der Waals surface area contributed by atoms with Gasteiger partial charge in [0.15, 0.2) is 0 Å². The van der Waals surface area contributed by atoms with E-state index in [2.05, 4.69) is 31.0 Å². The minimum atomic E-state index is 0.0319. The van der Waals surface area contributed by atoms with Crippen LogP contribution in [0.1, 0.15) is 27.2 Å². The van der Waals surface area contributed by atoms with Crippen LogP contribution in [0.4, 0.5) is 0 Å². The molecule has 0 unspecified atom stereocenters. The average Bonchev–Trinajstić information content (AvgIpc) is 2.27. The SMILES string of the molecule is CNC(=O)CN1CCN(C(=O)CC(C)(C)C)CC1. The maximum Gasteiger partial charge on any atom is 0.233 e. The van der Waals surface area contributed by atoms with Crippen LogP contribution in [-0.4, -0.2) is 61.4 Å². The van der Waals surface area contributed by atoms with E-state index in [-0.39, 0.29) is 17.2 Å². The molecule has 18 heavy (non-hydrogen) atoms. The summed E-state index contributed by atoms with van der Waals surface area (Å²) in [6.07, 6.45) is 0.586. The van der Waals surface area contributed by atoms with Crippen molar-refractivity contribution in [1.29, 1.82) is 0 Å². The zero-order valence-electron chi connectivity index (χ0n) is 12.0. The summed E-state index contributed by atoms with van der Waals surface area (Å²) in [6, 6.07) is 0. The van der Waals surface area contributed by atoms with Crippen molar-refractivity contribution in [3.63, 3.8) is 0 Å². The number of carbonyl (C=O) groups excluding carboxylic acids is 2. The first kappa shape index (κ1) is 15.0. The van der Waals surface area contributed by atoms with E-state index in [1.54, 1.807) is 7.05 Å². The van der Waals surface area contributed by atoms with E-state index in [1.165, 1.54) is 0 Å². The summed E-state index contributed by atoms with van der Waals surface area (Å²) in [6.45, 7) is 9.68. The predicted molar refractivity (Wildman–Crippen MR) is 71.2 cm³/mol. The molecule has 1 aliphatic rings. The third kappa shape index (κ3) is 5.04. The number of hydrogen-bond donors (Lipinski definition) is 1. The zero-order chi connectivity index (χ0) is 13.8. The molecule has 2 amide bonds. The topological polar surface area (TPSA) is 52.7 Å². The van der Waals surface area contributed by atoms with E-state index in [1.807, 2.05) is 4.90 Å². The van der Waals surface area contributed by atoms with Crippen molar-refractivity contribution < 1.29 is 9.59 Å². The van der Waals surface area contributed by atoms with Gasteiger partial charge in [0.2, 0.25) is 11.8 Å². The molecule has 1 fully saturated rings. The molecule has 5 nitrogen and oxygen atoms in total. The number of nitrogens with one attached hydrogen (secondary N) is 1. The highest BCUT2D eigenvalue weighted by Crippen LogP contribution is 2.20. The third-order valence-electron chi connectivity index (χ3n) is 3.05. The molecule has 1 heterocycles. The molecule has 0 radical (unpaired) electrons. The molecule has 0 aliphatic carbocycles. The highest BCUT2D eigenvalue weighted by atomic mass is 16.2. The lowest BCUT2D eigenvalue weighted by Crippen LogP contribution is -2.51. The molecule has 0 bridgehead atoms. The van der Waals surface area contributed by atoms with E-state index < -0.39 is 0 Å². The van der Waals surface area contributed by atoms with Crippen molar-refractivity contribution >= 4 is 11.8 Å². The van der Waals surface area contributed by atoms with Gasteiger partial charge in [-0.05, 0) is 5.41 Å². The van der Waals surface area contributed by atoms with Gasteiger partial charge in [-0.3, -0.25) is 14.5 Å². The van der Waals surface area contributed by atoms with Crippen molar-refractivity contribution in [2.24, 2.45) is 5.41 Å². The van der Waals surface area contributed by atoms with Crippen LogP contribution >= 0.6 is 0 Å². The second-order valence-electron chi connectivity index (χ2n) is 6.07. The van der Waals surface area contributed by atoms with Gasteiger partial charge in [0.1, 0.15) is 0 Å². The Kier molecular flexibility index (Phi) is 5.14. The number of carbonyl (C=O) groups is 2. The summed E-state index contributed by atoms with van der Waals surface area (Å²) in [4.78, 5) is 27.3. The van der Waals surface area contributed by atoms with Crippen molar-refractivity contribution in [3.05, 3.63) is 0 Å². The second kappa shape index (κ2) is 6.18. The van der Waals surface area contributed by atoms with Crippen molar-refractivity contribution in [2.75, 3.05) is 39.8 Å². The molecule has 0 spiro atoms. The molecular formula is C13H25N3O2. The van der Waals surface area contributed by atoms with Crippen LogP contribution in [0, 0.1) is 5.41 Å². The van der Waals surface area contributed by atoms with Gasteiger partial charge in [-0.25, -0.2) is 0 Å². The number of nitrogens with zero attached hydrogens (tertiary/aromatic N) is 2. The number of likely N-dealkylation sites (N-methyl/N-ethyl adjacent to an activating group) is 1. The number of rotatable bonds is 3. The molecule has 0 aromatic rings. The monoisotopic (exact) mass is 255 g/mol. The maximum absolute atomic E-state index is 12.0. The molecule has 104 valence electrons.